The molecule has 8 heteroatoms. The first kappa shape index (κ1) is 20.8. The van der Waals surface area contributed by atoms with Crippen molar-refractivity contribution < 1.29 is 27.2 Å². The molecule has 2 aromatic carbocycles. The quantitative estimate of drug-likeness (QED) is 0.594. The average Bonchev–Trinajstić information content (AvgIpc) is 3.11. The molecule has 0 amide bonds. The van der Waals surface area contributed by atoms with E-state index in [0.29, 0.717) is 43.5 Å². The largest absolute Gasteiger partial charge is 0.416 e. The van der Waals surface area contributed by atoms with Crippen LogP contribution < -0.4 is 0 Å². The van der Waals surface area contributed by atoms with Crippen LogP contribution in [-0.2, 0) is 18.2 Å². The van der Waals surface area contributed by atoms with Gasteiger partial charge in [-0.3, -0.25) is 0 Å². The molecular formula is C22H22F4N2O2. The van der Waals surface area contributed by atoms with Crippen molar-refractivity contribution in [3.63, 3.8) is 0 Å². The summed E-state index contributed by atoms with van der Waals surface area (Å²) in [7, 11) is 0. The van der Waals surface area contributed by atoms with Gasteiger partial charge in [-0.2, -0.15) is 13.2 Å². The van der Waals surface area contributed by atoms with Crippen molar-refractivity contribution in [2.75, 3.05) is 19.6 Å². The molecule has 0 radical (unpaired) electrons. The van der Waals surface area contributed by atoms with E-state index in [9.17, 15) is 22.7 Å². The molecule has 2 heterocycles. The molecule has 0 bridgehead atoms. The number of fused-ring (bicyclic) bond motifs is 1. The summed E-state index contributed by atoms with van der Waals surface area (Å²) in [5.41, 5.74) is -0.463. The van der Waals surface area contributed by atoms with Crippen LogP contribution in [0.25, 0.3) is 11.0 Å². The number of aliphatic hydroxyl groups is 1. The molecule has 0 atom stereocenters. The monoisotopic (exact) mass is 422 g/mol. The molecule has 1 aromatic heterocycles. The van der Waals surface area contributed by atoms with Crippen molar-refractivity contribution in [3.8, 4) is 0 Å². The summed E-state index contributed by atoms with van der Waals surface area (Å²) in [6.07, 6.45) is -2.20. The fourth-order valence-electron chi connectivity index (χ4n) is 4.03. The topological polar surface area (TPSA) is 49.5 Å². The zero-order chi connectivity index (χ0) is 21.4. The second-order valence-electron chi connectivity index (χ2n) is 7.83. The number of hydrogen-bond acceptors (Lipinski definition) is 4. The molecule has 0 aliphatic carbocycles. The standard InChI is InChI=1S/C22H22F4N2O2/c23-17-6-7-18-19(27-30-20(18)14-17)5-2-10-28-11-8-21(29,9-12-28)15-3-1-4-16(13-15)22(24,25)26/h1,3-4,6-7,13-14,29H,2,5,8-12H2. The van der Waals surface area contributed by atoms with Gasteiger partial charge in [0.2, 0.25) is 0 Å². The van der Waals surface area contributed by atoms with E-state index < -0.39 is 17.3 Å². The number of benzene rings is 2. The fourth-order valence-corrected chi connectivity index (χ4v) is 4.03. The number of piperidine rings is 1. The van der Waals surface area contributed by atoms with Gasteiger partial charge in [0.1, 0.15) is 5.82 Å². The smallest absolute Gasteiger partial charge is 0.385 e. The minimum atomic E-state index is -4.43. The molecule has 0 saturated carbocycles. The Morgan fingerprint density at radius 3 is 2.60 bits per heavy atom. The van der Waals surface area contributed by atoms with Crippen molar-refractivity contribution in [1.29, 1.82) is 0 Å². The second-order valence-corrected chi connectivity index (χ2v) is 7.83. The number of nitrogens with zero attached hydrogens (tertiary/aromatic N) is 2. The number of rotatable bonds is 5. The van der Waals surface area contributed by atoms with Crippen LogP contribution in [0.1, 0.15) is 36.1 Å². The molecule has 1 aliphatic heterocycles. The molecular weight excluding hydrogens is 400 g/mol. The van der Waals surface area contributed by atoms with E-state index in [-0.39, 0.29) is 5.82 Å². The second kappa shape index (κ2) is 8.00. The Labute approximate surface area is 171 Å². The minimum absolute atomic E-state index is 0.318. The van der Waals surface area contributed by atoms with Crippen molar-refractivity contribution in [2.24, 2.45) is 0 Å². The van der Waals surface area contributed by atoms with Gasteiger partial charge in [0.05, 0.1) is 16.9 Å². The highest BCUT2D eigenvalue weighted by Crippen LogP contribution is 2.36. The highest BCUT2D eigenvalue weighted by molar-refractivity contribution is 5.79. The first-order chi connectivity index (χ1) is 14.2. The Bertz CT molecular complexity index is 1020. The van der Waals surface area contributed by atoms with Gasteiger partial charge >= 0.3 is 6.18 Å². The molecule has 3 aromatic rings. The maximum atomic E-state index is 13.2. The molecule has 30 heavy (non-hydrogen) atoms. The van der Waals surface area contributed by atoms with Gasteiger partial charge in [0.15, 0.2) is 5.58 Å². The van der Waals surface area contributed by atoms with Gasteiger partial charge in [0.25, 0.3) is 0 Å². The van der Waals surface area contributed by atoms with Gasteiger partial charge in [-0.05, 0) is 62.1 Å². The lowest BCUT2D eigenvalue weighted by Crippen LogP contribution is -2.43. The zero-order valence-electron chi connectivity index (χ0n) is 16.3. The van der Waals surface area contributed by atoms with Crippen molar-refractivity contribution >= 4 is 11.0 Å². The maximum absolute atomic E-state index is 13.2. The molecule has 1 fully saturated rings. The van der Waals surface area contributed by atoms with Crippen LogP contribution in [0.4, 0.5) is 17.6 Å². The van der Waals surface area contributed by atoms with Crippen molar-refractivity contribution in [2.45, 2.75) is 37.5 Å². The SMILES string of the molecule is OC1(c2cccc(C(F)(F)F)c2)CCN(CCCc2noc3cc(F)ccc23)CC1. The van der Waals surface area contributed by atoms with Crippen molar-refractivity contribution in [1.82, 2.24) is 10.1 Å². The summed E-state index contributed by atoms with van der Waals surface area (Å²) in [6.45, 7) is 1.96. The van der Waals surface area contributed by atoms with Crippen LogP contribution in [0.15, 0.2) is 47.0 Å². The molecule has 1 saturated heterocycles. The number of alkyl halides is 3. The minimum Gasteiger partial charge on any atom is -0.385 e. The number of hydrogen-bond donors (Lipinski definition) is 1. The molecule has 160 valence electrons. The highest BCUT2D eigenvalue weighted by atomic mass is 19.4. The van der Waals surface area contributed by atoms with Gasteiger partial charge in [0, 0.05) is 24.5 Å². The van der Waals surface area contributed by atoms with E-state index in [1.54, 1.807) is 12.1 Å². The van der Waals surface area contributed by atoms with E-state index in [1.807, 2.05) is 0 Å². The van der Waals surface area contributed by atoms with E-state index >= 15 is 0 Å². The van der Waals surface area contributed by atoms with Crippen LogP contribution in [0, 0.1) is 5.82 Å². The first-order valence-electron chi connectivity index (χ1n) is 9.91. The number of halogens is 4. The number of likely N-dealkylation sites (tertiary alicyclic amines) is 1. The van der Waals surface area contributed by atoms with Crippen LogP contribution in [0.5, 0.6) is 0 Å². The summed E-state index contributed by atoms with van der Waals surface area (Å²) < 4.78 is 57.3. The predicted molar refractivity (Wildman–Crippen MR) is 103 cm³/mol. The molecule has 4 nitrogen and oxygen atoms in total. The summed E-state index contributed by atoms with van der Waals surface area (Å²) >= 11 is 0. The molecule has 1 aliphatic rings. The van der Waals surface area contributed by atoms with Crippen LogP contribution in [0.3, 0.4) is 0 Å². The van der Waals surface area contributed by atoms with E-state index in [0.717, 1.165) is 36.2 Å². The lowest BCUT2D eigenvalue weighted by atomic mass is 9.83. The Kier molecular flexibility index (Phi) is 5.55. The first-order valence-corrected chi connectivity index (χ1v) is 9.91. The lowest BCUT2D eigenvalue weighted by Gasteiger charge is -2.38. The lowest BCUT2D eigenvalue weighted by molar-refractivity contribution is -0.137. The fraction of sp³-hybridized carbons (Fsp3) is 0.409. The number of aromatic nitrogens is 1. The summed E-state index contributed by atoms with van der Waals surface area (Å²) in [4.78, 5) is 2.18. The molecule has 4 rings (SSSR count). The Morgan fingerprint density at radius 1 is 1.10 bits per heavy atom. The van der Waals surface area contributed by atoms with E-state index in [2.05, 4.69) is 10.1 Å². The Balaban J connectivity index is 1.32. The summed E-state index contributed by atoms with van der Waals surface area (Å²) in [5.74, 6) is -0.369. The summed E-state index contributed by atoms with van der Waals surface area (Å²) in [5, 5.41) is 15.7. The van der Waals surface area contributed by atoms with Gasteiger partial charge in [-0.25, -0.2) is 4.39 Å². The van der Waals surface area contributed by atoms with Gasteiger partial charge in [-0.1, -0.05) is 17.3 Å². The highest BCUT2D eigenvalue weighted by Gasteiger charge is 2.36. The Hall–Kier alpha value is -2.45. The molecule has 1 N–H and O–H groups in total. The molecule has 0 unspecified atom stereocenters. The van der Waals surface area contributed by atoms with E-state index in [1.165, 1.54) is 18.2 Å². The van der Waals surface area contributed by atoms with Gasteiger partial charge < -0.3 is 14.5 Å². The van der Waals surface area contributed by atoms with Crippen molar-refractivity contribution in [3.05, 3.63) is 65.1 Å². The third-order valence-electron chi connectivity index (χ3n) is 5.81. The number of aryl methyl sites for hydroxylation is 1. The Morgan fingerprint density at radius 2 is 1.87 bits per heavy atom. The average molecular weight is 422 g/mol. The maximum Gasteiger partial charge on any atom is 0.416 e. The predicted octanol–water partition coefficient (Wildman–Crippen LogP) is 4.90. The van der Waals surface area contributed by atoms with E-state index in [4.69, 9.17) is 4.52 Å². The summed E-state index contributed by atoms with van der Waals surface area (Å²) in [6, 6.07) is 9.32. The van der Waals surface area contributed by atoms with Gasteiger partial charge in [-0.15, -0.1) is 0 Å². The van der Waals surface area contributed by atoms with Crippen LogP contribution >= 0.6 is 0 Å². The third-order valence-corrected chi connectivity index (χ3v) is 5.81. The van der Waals surface area contributed by atoms with Crippen LogP contribution in [0.2, 0.25) is 0 Å². The normalized spacial score (nSPS) is 17.5. The molecule has 0 spiro atoms. The van der Waals surface area contributed by atoms with Crippen LogP contribution in [-0.4, -0.2) is 34.8 Å². The zero-order valence-corrected chi connectivity index (χ0v) is 16.3. The third kappa shape index (κ3) is 4.34.